The Morgan fingerprint density at radius 3 is 2.60 bits per heavy atom. The first-order valence-corrected chi connectivity index (χ1v) is 7.52. The molecule has 0 fully saturated rings. The highest BCUT2D eigenvalue weighted by molar-refractivity contribution is 9.10. The van der Waals surface area contributed by atoms with Crippen LogP contribution in [0.1, 0.15) is 32.8 Å². The van der Waals surface area contributed by atoms with Gasteiger partial charge in [-0.25, -0.2) is 0 Å². The molecule has 0 heterocycles. The zero-order valence-corrected chi connectivity index (χ0v) is 14.3. The van der Waals surface area contributed by atoms with Gasteiger partial charge in [0, 0.05) is 12.1 Å². The van der Waals surface area contributed by atoms with Crippen LogP contribution in [0.3, 0.4) is 0 Å². The number of benzene rings is 1. The van der Waals surface area contributed by atoms with Gasteiger partial charge in [0.2, 0.25) is 0 Å². The van der Waals surface area contributed by atoms with E-state index in [0.717, 1.165) is 34.5 Å². The summed E-state index contributed by atoms with van der Waals surface area (Å²) in [5.74, 6) is 1.49. The summed E-state index contributed by atoms with van der Waals surface area (Å²) < 4.78 is 12.1. The highest BCUT2D eigenvalue weighted by atomic mass is 79.9. The lowest BCUT2D eigenvalue weighted by Crippen LogP contribution is -2.35. The van der Waals surface area contributed by atoms with Crippen LogP contribution in [0.25, 0.3) is 0 Å². The van der Waals surface area contributed by atoms with E-state index in [2.05, 4.69) is 54.7 Å². The molecule has 1 aromatic rings. The molecule has 112 valence electrons. The molecule has 0 saturated heterocycles. The topological polar surface area (TPSA) is 30.5 Å². The van der Waals surface area contributed by atoms with Crippen LogP contribution in [0.5, 0.6) is 11.5 Å². The molecule has 0 radical (unpaired) electrons. The van der Waals surface area contributed by atoms with Crippen LogP contribution in [0.2, 0.25) is 0 Å². The lowest BCUT2D eigenvalue weighted by atomic mass is 10.1. The van der Waals surface area contributed by atoms with Gasteiger partial charge >= 0.3 is 0 Å². The summed E-state index contributed by atoms with van der Waals surface area (Å²) in [4.78, 5) is 0. The quantitative estimate of drug-likeness (QED) is 0.592. The number of hydrogen-bond donors (Lipinski definition) is 1. The first kappa shape index (κ1) is 17.1. The van der Waals surface area contributed by atoms with Gasteiger partial charge in [-0.1, -0.05) is 6.08 Å². The van der Waals surface area contributed by atoms with E-state index in [1.165, 1.54) is 0 Å². The van der Waals surface area contributed by atoms with Gasteiger partial charge in [0.15, 0.2) is 11.5 Å². The largest absolute Gasteiger partial charge is 0.493 e. The number of halogens is 1. The zero-order valence-electron chi connectivity index (χ0n) is 12.8. The Labute approximate surface area is 130 Å². The number of nitrogens with one attached hydrogen (secondary N) is 1. The van der Waals surface area contributed by atoms with Gasteiger partial charge in [-0.2, -0.15) is 0 Å². The highest BCUT2D eigenvalue weighted by Crippen LogP contribution is 2.36. The fourth-order valence-corrected chi connectivity index (χ4v) is 2.23. The Hall–Kier alpha value is -1.00. The third kappa shape index (κ3) is 5.55. The molecular formula is C16H24BrNO2. The smallest absolute Gasteiger partial charge is 0.175 e. The minimum absolute atomic E-state index is 0.0822. The van der Waals surface area contributed by atoms with Crippen LogP contribution < -0.4 is 14.8 Å². The summed E-state index contributed by atoms with van der Waals surface area (Å²) in [7, 11) is 1.66. The summed E-state index contributed by atoms with van der Waals surface area (Å²) in [6.07, 6.45) is 2.64. The summed E-state index contributed by atoms with van der Waals surface area (Å²) in [6, 6.07) is 4.07. The Bertz CT molecular complexity index is 453. The minimum Gasteiger partial charge on any atom is -0.493 e. The van der Waals surface area contributed by atoms with Crippen molar-refractivity contribution < 1.29 is 9.47 Å². The first-order chi connectivity index (χ1) is 9.37. The van der Waals surface area contributed by atoms with Gasteiger partial charge in [0.05, 0.1) is 18.2 Å². The van der Waals surface area contributed by atoms with Crippen molar-refractivity contribution in [1.29, 1.82) is 0 Å². The molecule has 0 atom stereocenters. The maximum absolute atomic E-state index is 5.74. The first-order valence-electron chi connectivity index (χ1n) is 6.72. The van der Waals surface area contributed by atoms with Crippen molar-refractivity contribution in [2.24, 2.45) is 0 Å². The normalized spacial score (nSPS) is 11.2. The fourth-order valence-electron chi connectivity index (χ4n) is 1.63. The van der Waals surface area contributed by atoms with Gasteiger partial charge in [0.1, 0.15) is 0 Å². The van der Waals surface area contributed by atoms with Gasteiger partial charge < -0.3 is 14.8 Å². The predicted octanol–water partition coefficient (Wildman–Crippen LogP) is 4.30. The van der Waals surface area contributed by atoms with Crippen molar-refractivity contribution in [2.75, 3.05) is 13.7 Å². The van der Waals surface area contributed by atoms with Crippen LogP contribution in [0, 0.1) is 0 Å². The fraction of sp³-hybridized carbons (Fsp3) is 0.500. The van der Waals surface area contributed by atoms with Crippen molar-refractivity contribution in [3.05, 3.63) is 34.8 Å². The molecule has 0 aliphatic rings. The molecule has 20 heavy (non-hydrogen) atoms. The molecule has 1 aromatic carbocycles. The maximum atomic E-state index is 5.74. The number of rotatable bonds is 7. The van der Waals surface area contributed by atoms with Crippen LogP contribution >= 0.6 is 15.9 Å². The van der Waals surface area contributed by atoms with Crippen molar-refractivity contribution in [3.63, 3.8) is 0 Å². The molecule has 0 aromatic heterocycles. The molecule has 0 saturated carbocycles. The SMILES string of the molecule is C=CCCOc1c(Br)cc(CNC(C)(C)C)cc1OC. The van der Waals surface area contributed by atoms with Gasteiger partial charge in [-0.15, -0.1) is 6.58 Å². The van der Waals surface area contributed by atoms with Crippen molar-refractivity contribution in [1.82, 2.24) is 5.32 Å². The summed E-state index contributed by atoms with van der Waals surface area (Å²) in [5, 5.41) is 3.46. The van der Waals surface area contributed by atoms with Crippen molar-refractivity contribution in [2.45, 2.75) is 39.3 Å². The Kier molecular flexibility index (Phi) is 6.56. The molecule has 0 spiro atoms. The third-order valence-corrected chi connectivity index (χ3v) is 3.27. The monoisotopic (exact) mass is 341 g/mol. The Balaban J connectivity index is 2.86. The molecule has 0 unspecified atom stereocenters. The average Bonchev–Trinajstić information content (AvgIpc) is 2.37. The summed E-state index contributed by atoms with van der Waals surface area (Å²) >= 11 is 3.55. The maximum Gasteiger partial charge on any atom is 0.175 e. The van der Waals surface area contributed by atoms with Crippen molar-refractivity contribution >= 4 is 15.9 Å². The molecule has 0 bridgehead atoms. The third-order valence-electron chi connectivity index (χ3n) is 2.68. The molecule has 0 aliphatic carbocycles. The van der Waals surface area contributed by atoms with E-state index in [1.54, 1.807) is 7.11 Å². The number of ether oxygens (including phenoxy) is 2. The second-order valence-electron chi connectivity index (χ2n) is 5.64. The standard InChI is InChI=1S/C16H24BrNO2/c1-6-7-8-20-15-13(17)9-12(10-14(15)19-5)11-18-16(2,3)4/h6,9-10,18H,1,7-8,11H2,2-5H3. The van der Waals surface area contributed by atoms with E-state index in [1.807, 2.05) is 12.1 Å². The molecule has 0 aliphatic heterocycles. The Morgan fingerprint density at radius 2 is 2.05 bits per heavy atom. The number of hydrogen-bond acceptors (Lipinski definition) is 3. The molecular weight excluding hydrogens is 318 g/mol. The van der Waals surface area contributed by atoms with Gasteiger partial charge in [-0.05, 0) is 60.8 Å². The van der Waals surface area contributed by atoms with E-state index in [4.69, 9.17) is 9.47 Å². The van der Waals surface area contributed by atoms with Crippen LogP contribution in [-0.4, -0.2) is 19.3 Å². The van der Waals surface area contributed by atoms with Crippen LogP contribution in [0.4, 0.5) is 0 Å². The van der Waals surface area contributed by atoms with E-state index >= 15 is 0 Å². The molecule has 1 N–H and O–H groups in total. The number of methoxy groups -OCH3 is 1. The van der Waals surface area contributed by atoms with E-state index in [0.29, 0.717) is 6.61 Å². The molecule has 3 nitrogen and oxygen atoms in total. The van der Waals surface area contributed by atoms with E-state index in [9.17, 15) is 0 Å². The minimum atomic E-state index is 0.0822. The second kappa shape index (κ2) is 7.70. The van der Waals surface area contributed by atoms with Gasteiger partial charge in [-0.3, -0.25) is 0 Å². The van der Waals surface area contributed by atoms with E-state index in [-0.39, 0.29) is 5.54 Å². The van der Waals surface area contributed by atoms with E-state index < -0.39 is 0 Å². The van der Waals surface area contributed by atoms with Crippen molar-refractivity contribution in [3.8, 4) is 11.5 Å². The lowest BCUT2D eigenvalue weighted by molar-refractivity contribution is 0.297. The van der Waals surface area contributed by atoms with Gasteiger partial charge in [0.25, 0.3) is 0 Å². The lowest BCUT2D eigenvalue weighted by Gasteiger charge is -2.21. The second-order valence-corrected chi connectivity index (χ2v) is 6.49. The highest BCUT2D eigenvalue weighted by Gasteiger charge is 2.13. The Morgan fingerprint density at radius 1 is 1.35 bits per heavy atom. The summed E-state index contributed by atoms with van der Waals surface area (Å²) in [6.45, 7) is 11.5. The molecule has 0 amide bonds. The molecule has 1 rings (SSSR count). The van der Waals surface area contributed by atoms with Crippen LogP contribution in [-0.2, 0) is 6.54 Å². The van der Waals surface area contributed by atoms with Crippen LogP contribution in [0.15, 0.2) is 29.3 Å². The zero-order chi connectivity index (χ0) is 15.2. The summed E-state index contributed by atoms with van der Waals surface area (Å²) in [5.41, 5.74) is 1.23. The molecule has 4 heteroatoms. The average molecular weight is 342 g/mol. The predicted molar refractivity (Wildman–Crippen MR) is 87.6 cm³/mol.